The van der Waals surface area contributed by atoms with Crippen molar-refractivity contribution in [3.05, 3.63) is 91.8 Å². The van der Waals surface area contributed by atoms with Gasteiger partial charge in [-0.2, -0.15) is 5.10 Å². The second-order valence-corrected chi connectivity index (χ2v) is 13.2. The molecule has 256 valence electrons. The number of carboxylic acid groups (broad SMARTS) is 1. The summed E-state index contributed by atoms with van der Waals surface area (Å²) < 4.78 is 13.4. The average molecular weight is 705 g/mol. The number of nitrogens with one attached hydrogen (secondary N) is 2. The molecule has 0 bridgehead atoms. The second kappa shape index (κ2) is 14.2. The van der Waals surface area contributed by atoms with Crippen LogP contribution in [0.1, 0.15) is 55.3 Å². The lowest BCUT2D eigenvalue weighted by Gasteiger charge is -2.29. The van der Waals surface area contributed by atoms with E-state index in [-0.39, 0.29) is 5.56 Å². The number of fused-ring (bicyclic) bond motifs is 1. The Bertz CT molecular complexity index is 2060. The van der Waals surface area contributed by atoms with Crippen molar-refractivity contribution >= 4 is 57.4 Å². The van der Waals surface area contributed by atoms with Gasteiger partial charge in [0, 0.05) is 58.7 Å². The van der Waals surface area contributed by atoms with Crippen LogP contribution in [0.4, 0.5) is 11.4 Å². The van der Waals surface area contributed by atoms with Gasteiger partial charge in [-0.25, -0.2) is 4.79 Å². The van der Waals surface area contributed by atoms with Gasteiger partial charge in [0.2, 0.25) is 0 Å². The lowest BCUT2D eigenvalue weighted by molar-refractivity contribution is 0.0696. The van der Waals surface area contributed by atoms with E-state index in [1.54, 1.807) is 12.1 Å². The van der Waals surface area contributed by atoms with E-state index >= 15 is 0 Å². The standard InChI is InChI=1S/C37H39Cl2N5O5/c1-20-15-27(16-21(2)33(20)39)49-12-6-7-28-29-8-9-30(38)32(31-22(3)42-43(5)23(31)4)34(29)41-35(28)36(45)40-25-17-24(37(46)47)18-26(19-25)44-10-13-48-14-11-44/h8-9,15-19,41H,6-7,10-14H2,1-5H3,(H,40,45)(H,46,47). The van der Waals surface area contributed by atoms with Crippen LogP contribution in [0, 0.1) is 27.7 Å². The van der Waals surface area contributed by atoms with Crippen molar-refractivity contribution in [1.82, 2.24) is 14.8 Å². The van der Waals surface area contributed by atoms with Crippen molar-refractivity contribution in [3.63, 3.8) is 0 Å². The molecular formula is C37H39Cl2N5O5. The van der Waals surface area contributed by atoms with Gasteiger partial charge in [0.15, 0.2) is 0 Å². The van der Waals surface area contributed by atoms with Crippen molar-refractivity contribution in [2.24, 2.45) is 7.05 Å². The number of carbonyl (C=O) groups excluding carboxylic acids is 1. The normalized spacial score (nSPS) is 13.2. The molecule has 1 saturated heterocycles. The van der Waals surface area contributed by atoms with E-state index in [1.165, 1.54) is 6.07 Å². The third-order valence-corrected chi connectivity index (χ3v) is 9.98. The molecule has 0 unspecified atom stereocenters. The molecule has 49 heavy (non-hydrogen) atoms. The van der Waals surface area contributed by atoms with Gasteiger partial charge in [0.1, 0.15) is 11.4 Å². The fourth-order valence-corrected chi connectivity index (χ4v) is 6.92. The van der Waals surface area contributed by atoms with Crippen molar-refractivity contribution < 1.29 is 24.2 Å². The number of aromatic nitrogens is 3. The minimum Gasteiger partial charge on any atom is -0.494 e. The van der Waals surface area contributed by atoms with Gasteiger partial charge in [-0.1, -0.05) is 29.3 Å². The SMILES string of the molecule is Cc1cc(OCCCc2c(C(=O)Nc3cc(C(=O)O)cc(N4CCOCC4)c3)[nH]c3c(-c4c(C)nn(C)c4C)c(Cl)ccc23)cc(C)c1Cl. The summed E-state index contributed by atoms with van der Waals surface area (Å²) in [7, 11) is 1.89. The zero-order valence-corrected chi connectivity index (χ0v) is 29.7. The topological polar surface area (TPSA) is 122 Å². The molecule has 2 aromatic heterocycles. The number of carbonyl (C=O) groups is 2. The molecule has 0 radical (unpaired) electrons. The van der Waals surface area contributed by atoms with Gasteiger partial charge in [0.05, 0.1) is 41.6 Å². The predicted octanol–water partition coefficient (Wildman–Crippen LogP) is 7.91. The number of benzene rings is 3. The molecule has 0 atom stereocenters. The predicted molar refractivity (Wildman–Crippen MR) is 194 cm³/mol. The lowest BCUT2D eigenvalue weighted by Crippen LogP contribution is -2.36. The van der Waals surface area contributed by atoms with Crippen LogP contribution in [0.2, 0.25) is 10.0 Å². The van der Waals surface area contributed by atoms with Gasteiger partial charge in [-0.15, -0.1) is 0 Å². The highest BCUT2D eigenvalue weighted by molar-refractivity contribution is 6.35. The molecule has 1 aliphatic heterocycles. The summed E-state index contributed by atoms with van der Waals surface area (Å²) in [5.41, 5.74) is 8.39. The summed E-state index contributed by atoms with van der Waals surface area (Å²) >= 11 is 13.2. The molecule has 12 heteroatoms. The second-order valence-electron chi connectivity index (χ2n) is 12.4. The number of hydrogen-bond donors (Lipinski definition) is 3. The molecule has 3 N–H and O–H groups in total. The zero-order valence-electron chi connectivity index (χ0n) is 28.2. The fraction of sp³-hybridized carbons (Fsp3) is 0.324. The maximum Gasteiger partial charge on any atom is 0.335 e. The van der Waals surface area contributed by atoms with Crippen LogP contribution in [0.25, 0.3) is 22.0 Å². The Balaban J connectivity index is 1.38. The van der Waals surface area contributed by atoms with E-state index in [1.807, 2.05) is 63.7 Å². The van der Waals surface area contributed by atoms with E-state index < -0.39 is 11.9 Å². The van der Waals surface area contributed by atoms with Crippen LogP contribution in [0.5, 0.6) is 5.75 Å². The Morgan fingerprint density at radius 3 is 2.39 bits per heavy atom. The first-order valence-electron chi connectivity index (χ1n) is 16.2. The van der Waals surface area contributed by atoms with E-state index in [4.69, 9.17) is 32.7 Å². The molecule has 3 aromatic carbocycles. The number of carboxylic acids is 1. The highest BCUT2D eigenvalue weighted by atomic mass is 35.5. The molecular weight excluding hydrogens is 665 g/mol. The quantitative estimate of drug-likeness (QED) is 0.126. The van der Waals surface area contributed by atoms with Crippen molar-refractivity contribution in [3.8, 4) is 16.9 Å². The highest BCUT2D eigenvalue weighted by Crippen LogP contribution is 2.40. The number of rotatable bonds is 10. The number of hydrogen-bond acceptors (Lipinski definition) is 6. The Kier molecular flexibility index (Phi) is 9.92. The molecule has 0 saturated carbocycles. The molecule has 5 aromatic rings. The summed E-state index contributed by atoms with van der Waals surface area (Å²) in [4.78, 5) is 31.7. The van der Waals surface area contributed by atoms with Crippen molar-refractivity contribution in [2.75, 3.05) is 43.1 Å². The molecule has 1 fully saturated rings. The van der Waals surface area contributed by atoms with Crippen LogP contribution in [0.15, 0.2) is 42.5 Å². The Hall–Kier alpha value is -4.51. The Morgan fingerprint density at radius 1 is 1.02 bits per heavy atom. The van der Waals surface area contributed by atoms with Crippen molar-refractivity contribution in [1.29, 1.82) is 0 Å². The fourth-order valence-electron chi connectivity index (χ4n) is 6.56. The lowest BCUT2D eigenvalue weighted by atomic mass is 9.98. The summed E-state index contributed by atoms with van der Waals surface area (Å²) in [6.07, 6.45) is 1.14. The first-order valence-corrected chi connectivity index (χ1v) is 16.9. The smallest absolute Gasteiger partial charge is 0.335 e. The van der Waals surface area contributed by atoms with Crippen LogP contribution in [-0.4, -0.2) is 64.7 Å². The van der Waals surface area contributed by atoms with E-state index in [2.05, 4.69) is 20.3 Å². The number of anilines is 2. The first-order chi connectivity index (χ1) is 23.4. The number of aromatic carboxylic acids is 1. The summed E-state index contributed by atoms with van der Waals surface area (Å²) in [5, 5.41) is 19.6. The highest BCUT2D eigenvalue weighted by Gasteiger charge is 2.25. The number of aryl methyl sites for hydroxylation is 5. The van der Waals surface area contributed by atoms with E-state index in [9.17, 15) is 14.7 Å². The number of halogens is 2. The summed E-state index contributed by atoms with van der Waals surface area (Å²) in [5.74, 6) is -0.736. The number of aromatic amines is 1. The van der Waals surface area contributed by atoms with Crippen LogP contribution >= 0.6 is 23.2 Å². The number of ether oxygens (including phenoxy) is 2. The largest absolute Gasteiger partial charge is 0.494 e. The maximum atomic E-state index is 14.2. The third-order valence-electron chi connectivity index (χ3n) is 9.07. The molecule has 6 rings (SSSR count). The van der Waals surface area contributed by atoms with Gasteiger partial charge >= 0.3 is 5.97 Å². The summed E-state index contributed by atoms with van der Waals surface area (Å²) in [6.45, 7) is 10.6. The number of morpholine rings is 1. The van der Waals surface area contributed by atoms with E-state index in [0.717, 1.165) is 60.9 Å². The molecule has 10 nitrogen and oxygen atoms in total. The monoisotopic (exact) mass is 703 g/mol. The van der Waals surface area contributed by atoms with Crippen LogP contribution < -0.4 is 15.0 Å². The molecule has 1 aliphatic rings. The van der Waals surface area contributed by atoms with Crippen molar-refractivity contribution in [2.45, 2.75) is 40.5 Å². The van der Waals surface area contributed by atoms with Crippen LogP contribution in [-0.2, 0) is 18.2 Å². The van der Waals surface area contributed by atoms with Gasteiger partial charge in [-0.05, 0) is 93.6 Å². The molecule has 0 spiro atoms. The Morgan fingerprint density at radius 2 is 1.73 bits per heavy atom. The van der Waals surface area contributed by atoms with Gasteiger partial charge in [0.25, 0.3) is 5.91 Å². The zero-order chi connectivity index (χ0) is 35.0. The van der Waals surface area contributed by atoms with Gasteiger partial charge in [-0.3, -0.25) is 9.48 Å². The first kappa shape index (κ1) is 34.4. The molecule has 1 amide bonds. The van der Waals surface area contributed by atoms with Gasteiger partial charge < -0.3 is 29.8 Å². The number of H-pyrrole nitrogens is 1. The minimum atomic E-state index is -1.08. The average Bonchev–Trinajstić information content (AvgIpc) is 3.57. The Labute approximate surface area is 294 Å². The summed E-state index contributed by atoms with van der Waals surface area (Å²) in [6, 6.07) is 12.5. The molecule has 3 heterocycles. The number of nitrogens with zero attached hydrogens (tertiary/aromatic N) is 3. The minimum absolute atomic E-state index is 0.0811. The molecule has 0 aliphatic carbocycles. The van der Waals surface area contributed by atoms with E-state index in [0.29, 0.717) is 67.8 Å². The van der Waals surface area contributed by atoms with Crippen LogP contribution in [0.3, 0.4) is 0 Å². The number of amides is 1. The maximum absolute atomic E-state index is 14.2. The third kappa shape index (κ3) is 6.99.